The Bertz CT molecular complexity index is 1370. The molecule has 4 aromatic carbocycles. The number of carboxylic acid groups (broad SMARTS) is 1. The number of rotatable bonds is 7. The van der Waals surface area contributed by atoms with Crippen LogP contribution in [0, 0.1) is 0 Å². The second kappa shape index (κ2) is 11.0. The molecule has 186 valence electrons. The van der Waals surface area contributed by atoms with Crippen LogP contribution in [-0.4, -0.2) is 30.8 Å². The summed E-state index contributed by atoms with van der Waals surface area (Å²) in [5.74, 6) is 0.518. The summed E-state index contributed by atoms with van der Waals surface area (Å²) in [5.41, 5.74) is 3.54. The molecule has 1 unspecified atom stereocenters. The molecule has 1 heterocycles. The zero-order chi connectivity index (χ0) is 24.4. The van der Waals surface area contributed by atoms with Gasteiger partial charge < -0.3 is 19.9 Å². The van der Waals surface area contributed by atoms with Crippen LogP contribution in [-0.2, 0) is 0 Å². The summed E-state index contributed by atoms with van der Waals surface area (Å²) in [5, 5.41) is 15.6. The molecule has 0 aliphatic carbocycles. The Morgan fingerprint density at radius 1 is 1.03 bits per heavy atom. The predicted molar refractivity (Wildman–Crippen MR) is 145 cm³/mol. The number of aromatic carboxylic acids is 1. The maximum atomic E-state index is 11.5. The fraction of sp³-hybridized carbons (Fsp3) is 0.233. The van der Waals surface area contributed by atoms with E-state index in [1.54, 1.807) is 19.2 Å². The zero-order valence-corrected chi connectivity index (χ0v) is 21.1. The number of fused-ring (bicyclic) bond motifs is 2. The second-order valence-electron chi connectivity index (χ2n) is 9.03. The van der Waals surface area contributed by atoms with Crippen LogP contribution in [0.4, 0.5) is 0 Å². The highest BCUT2D eigenvalue weighted by molar-refractivity contribution is 5.88. The number of halogens is 1. The molecule has 1 aliphatic heterocycles. The zero-order valence-electron chi connectivity index (χ0n) is 20.3. The Balaban J connectivity index is 0.00000304. The van der Waals surface area contributed by atoms with E-state index in [0.29, 0.717) is 12.3 Å². The van der Waals surface area contributed by atoms with Crippen molar-refractivity contribution in [3.63, 3.8) is 0 Å². The van der Waals surface area contributed by atoms with Crippen LogP contribution >= 0.6 is 12.4 Å². The lowest BCUT2D eigenvalue weighted by Gasteiger charge is -2.34. The third-order valence-corrected chi connectivity index (χ3v) is 6.88. The Morgan fingerprint density at radius 2 is 1.78 bits per heavy atom. The molecule has 0 saturated heterocycles. The van der Waals surface area contributed by atoms with Gasteiger partial charge in [-0.2, -0.15) is 0 Å². The molecule has 0 radical (unpaired) electrons. The fourth-order valence-electron chi connectivity index (χ4n) is 5.09. The minimum absolute atomic E-state index is 0. The van der Waals surface area contributed by atoms with Gasteiger partial charge in [0.25, 0.3) is 0 Å². The van der Waals surface area contributed by atoms with Gasteiger partial charge in [0, 0.05) is 29.6 Å². The molecule has 0 aromatic heterocycles. The molecule has 5 nitrogen and oxygen atoms in total. The van der Waals surface area contributed by atoms with Crippen LogP contribution < -0.4 is 14.8 Å². The van der Waals surface area contributed by atoms with Crippen LogP contribution in [0.25, 0.3) is 10.8 Å². The van der Waals surface area contributed by atoms with Gasteiger partial charge in [-0.1, -0.05) is 66.7 Å². The summed E-state index contributed by atoms with van der Waals surface area (Å²) in [6, 6.07) is 28.2. The molecule has 1 aliphatic rings. The summed E-state index contributed by atoms with van der Waals surface area (Å²) < 4.78 is 12.0. The van der Waals surface area contributed by atoms with Crippen molar-refractivity contribution in [2.75, 3.05) is 13.7 Å². The van der Waals surface area contributed by atoms with Gasteiger partial charge in [0.2, 0.25) is 0 Å². The fourth-order valence-corrected chi connectivity index (χ4v) is 5.09. The molecule has 0 fully saturated rings. The van der Waals surface area contributed by atoms with Gasteiger partial charge in [0.15, 0.2) is 0 Å². The number of ether oxygens (including phenoxy) is 2. The topological polar surface area (TPSA) is 67.8 Å². The van der Waals surface area contributed by atoms with E-state index in [1.165, 1.54) is 16.3 Å². The van der Waals surface area contributed by atoms with Crippen molar-refractivity contribution in [1.82, 2.24) is 5.32 Å². The second-order valence-corrected chi connectivity index (χ2v) is 9.03. The minimum atomic E-state index is -0.966. The first kappa shape index (κ1) is 25.5. The highest BCUT2D eigenvalue weighted by Gasteiger charge is 2.31. The molecule has 5 rings (SSSR count). The number of para-hydroxylation sites is 1. The molecule has 0 spiro atoms. The summed E-state index contributed by atoms with van der Waals surface area (Å²) >= 11 is 0. The number of hydrogen-bond donors (Lipinski definition) is 2. The largest absolute Gasteiger partial charge is 0.496 e. The van der Waals surface area contributed by atoms with E-state index >= 15 is 0 Å². The van der Waals surface area contributed by atoms with Crippen molar-refractivity contribution in [1.29, 1.82) is 0 Å². The lowest BCUT2D eigenvalue weighted by atomic mass is 9.83. The Hall–Kier alpha value is -3.54. The van der Waals surface area contributed by atoms with Crippen molar-refractivity contribution in [3.05, 3.63) is 107 Å². The molecule has 2 N–H and O–H groups in total. The van der Waals surface area contributed by atoms with Gasteiger partial charge in [-0.3, -0.25) is 0 Å². The minimum Gasteiger partial charge on any atom is -0.496 e. The van der Waals surface area contributed by atoms with Crippen LogP contribution in [0.1, 0.15) is 52.4 Å². The maximum Gasteiger partial charge on any atom is 0.335 e. The lowest BCUT2D eigenvalue weighted by Crippen LogP contribution is -2.37. The highest BCUT2D eigenvalue weighted by atomic mass is 35.5. The Labute approximate surface area is 217 Å². The summed E-state index contributed by atoms with van der Waals surface area (Å²) in [6.07, 6.45) is 0.714. The molecule has 0 saturated carbocycles. The molecular weight excluding hydrogens is 474 g/mol. The smallest absolute Gasteiger partial charge is 0.335 e. The van der Waals surface area contributed by atoms with Gasteiger partial charge in [0.05, 0.1) is 12.7 Å². The Kier molecular flexibility index (Phi) is 7.82. The lowest BCUT2D eigenvalue weighted by molar-refractivity contribution is 0.0696. The van der Waals surface area contributed by atoms with Crippen molar-refractivity contribution < 1.29 is 19.4 Å². The van der Waals surface area contributed by atoms with E-state index in [4.69, 9.17) is 9.47 Å². The van der Waals surface area contributed by atoms with Crippen molar-refractivity contribution in [3.8, 4) is 11.5 Å². The molecular formula is C30H30ClNO4. The maximum absolute atomic E-state index is 11.5. The van der Waals surface area contributed by atoms with E-state index < -0.39 is 5.97 Å². The average Bonchev–Trinajstić information content (AvgIpc) is 2.90. The molecule has 6 heteroatoms. The monoisotopic (exact) mass is 503 g/mol. The third kappa shape index (κ3) is 5.03. The molecule has 4 aromatic rings. The summed E-state index contributed by atoms with van der Waals surface area (Å²) in [4.78, 5) is 11.5. The quantitative estimate of drug-likeness (QED) is 0.297. The van der Waals surface area contributed by atoms with Crippen molar-refractivity contribution >= 4 is 29.1 Å². The summed E-state index contributed by atoms with van der Waals surface area (Å²) in [7, 11) is 1.58. The van der Waals surface area contributed by atoms with Crippen molar-refractivity contribution in [2.45, 2.75) is 31.4 Å². The van der Waals surface area contributed by atoms with Crippen LogP contribution in [0.5, 0.6) is 11.5 Å². The first-order valence-electron chi connectivity index (χ1n) is 11.9. The highest BCUT2D eigenvalue weighted by Crippen LogP contribution is 2.43. The molecule has 36 heavy (non-hydrogen) atoms. The van der Waals surface area contributed by atoms with Gasteiger partial charge >= 0.3 is 5.97 Å². The van der Waals surface area contributed by atoms with Gasteiger partial charge in [-0.15, -0.1) is 12.4 Å². The number of carboxylic acids is 1. The molecule has 0 amide bonds. The van der Waals surface area contributed by atoms with Crippen molar-refractivity contribution in [2.24, 2.45) is 0 Å². The van der Waals surface area contributed by atoms with Crippen LogP contribution in [0.3, 0.4) is 0 Å². The van der Waals surface area contributed by atoms with E-state index in [0.717, 1.165) is 23.3 Å². The molecule has 0 bridgehead atoms. The Morgan fingerprint density at radius 3 is 2.58 bits per heavy atom. The van der Waals surface area contributed by atoms with Crippen LogP contribution in [0.15, 0.2) is 84.9 Å². The normalized spacial score (nSPS) is 17.4. The van der Waals surface area contributed by atoms with E-state index in [-0.39, 0.29) is 36.0 Å². The number of nitrogens with one attached hydrogen (secondary N) is 1. The van der Waals surface area contributed by atoms with Gasteiger partial charge in [-0.05, 0) is 47.9 Å². The molecule has 3 atom stereocenters. The van der Waals surface area contributed by atoms with E-state index in [1.807, 2.05) is 24.3 Å². The summed E-state index contributed by atoms with van der Waals surface area (Å²) in [6.45, 7) is 2.87. The van der Waals surface area contributed by atoms with E-state index in [2.05, 4.69) is 60.8 Å². The number of benzene rings is 4. The average molecular weight is 504 g/mol. The first-order chi connectivity index (χ1) is 17.0. The number of methoxy groups -OCH3 is 1. The number of carbonyl (C=O) groups is 1. The van der Waals surface area contributed by atoms with Gasteiger partial charge in [-0.25, -0.2) is 4.79 Å². The van der Waals surface area contributed by atoms with Crippen LogP contribution in [0.2, 0.25) is 0 Å². The first-order valence-corrected chi connectivity index (χ1v) is 11.9. The standard InChI is InChI=1S/C30H29NO4.ClH/c1-19(23-12-7-9-20-8-3-4-10-24(20)23)31-18-22-17-27(25-11-5-6-13-28(25)35-22)26-15-14-21(30(32)33)16-29(26)34-2;/h3-16,19,22,27,31H,17-18H2,1-2H3,(H,32,33);1H/t19?,22-,27+;/m1./s1. The number of hydrogen-bond acceptors (Lipinski definition) is 4. The van der Waals surface area contributed by atoms with E-state index in [9.17, 15) is 9.90 Å². The third-order valence-electron chi connectivity index (χ3n) is 6.88. The SMILES string of the molecule is COc1cc(C(=O)O)ccc1[C@H]1C[C@H](CNC(C)c2cccc3ccccc23)Oc2ccccc21.Cl. The predicted octanol–water partition coefficient (Wildman–Crippen LogP) is 6.60. The van der Waals surface area contributed by atoms with Gasteiger partial charge in [0.1, 0.15) is 17.6 Å².